The van der Waals surface area contributed by atoms with Gasteiger partial charge in [0.2, 0.25) is 5.24 Å². The summed E-state index contributed by atoms with van der Waals surface area (Å²) in [5, 5.41) is -0.359. The summed E-state index contributed by atoms with van der Waals surface area (Å²) in [4.78, 5) is 10.8. The van der Waals surface area contributed by atoms with Crippen LogP contribution in [0.25, 0.3) is 0 Å². The van der Waals surface area contributed by atoms with Crippen molar-refractivity contribution in [2.45, 2.75) is 20.8 Å². The van der Waals surface area contributed by atoms with Crippen molar-refractivity contribution in [3.8, 4) is 0 Å². The Balaban J connectivity index is 2.73. The van der Waals surface area contributed by atoms with Gasteiger partial charge in [0.15, 0.2) is 0 Å². The lowest BCUT2D eigenvalue weighted by atomic mass is 10.1. The van der Waals surface area contributed by atoms with Gasteiger partial charge in [-0.05, 0) is 35.9 Å². The SMILES string of the molecule is C/C(F)=C\[C@H]1[C@@H](C(=O)Cl)C1(C)C. The monoisotopic (exact) mass is 190 g/mol. The average Bonchev–Trinajstić information content (AvgIpc) is 2.32. The van der Waals surface area contributed by atoms with Crippen LogP contribution in [0.15, 0.2) is 11.9 Å². The molecule has 0 aromatic carbocycles. The van der Waals surface area contributed by atoms with Crippen LogP contribution < -0.4 is 0 Å². The number of hydrogen-bond donors (Lipinski definition) is 0. The van der Waals surface area contributed by atoms with Gasteiger partial charge in [-0.3, -0.25) is 4.79 Å². The zero-order valence-corrected chi connectivity index (χ0v) is 8.15. The number of hydrogen-bond acceptors (Lipinski definition) is 1. The minimum absolute atomic E-state index is 0.0208. The smallest absolute Gasteiger partial charge is 0.225 e. The highest BCUT2D eigenvalue weighted by Crippen LogP contribution is 2.60. The second-order valence-corrected chi connectivity index (χ2v) is 4.25. The van der Waals surface area contributed by atoms with Crippen molar-refractivity contribution in [2.24, 2.45) is 17.3 Å². The van der Waals surface area contributed by atoms with Gasteiger partial charge < -0.3 is 0 Å². The molecular weight excluding hydrogens is 179 g/mol. The molecule has 12 heavy (non-hydrogen) atoms. The summed E-state index contributed by atoms with van der Waals surface area (Å²) >= 11 is 5.35. The number of carbonyl (C=O) groups is 1. The van der Waals surface area contributed by atoms with E-state index in [1.807, 2.05) is 13.8 Å². The summed E-state index contributed by atoms with van der Waals surface area (Å²) in [5.74, 6) is -0.467. The Morgan fingerprint density at radius 3 is 2.33 bits per heavy atom. The molecule has 2 atom stereocenters. The van der Waals surface area contributed by atoms with Crippen LogP contribution >= 0.6 is 11.6 Å². The van der Waals surface area contributed by atoms with E-state index < -0.39 is 0 Å². The summed E-state index contributed by atoms with van der Waals surface area (Å²) in [6, 6.07) is 0. The zero-order valence-electron chi connectivity index (χ0n) is 7.40. The highest BCUT2D eigenvalue weighted by Gasteiger charge is 2.60. The van der Waals surface area contributed by atoms with E-state index in [0.29, 0.717) is 0 Å². The Morgan fingerprint density at radius 1 is 1.58 bits per heavy atom. The fraction of sp³-hybridized carbons (Fsp3) is 0.667. The summed E-state index contributed by atoms with van der Waals surface area (Å²) in [5.41, 5.74) is -0.161. The maximum absolute atomic E-state index is 12.5. The molecule has 1 fully saturated rings. The normalized spacial score (nSPS) is 33.2. The molecular formula is C9H12ClFO. The Kier molecular flexibility index (Phi) is 2.30. The van der Waals surface area contributed by atoms with Crippen molar-refractivity contribution >= 4 is 16.8 Å². The van der Waals surface area contributed by atoms with E-state index in [0.717, 1.165) is 0 Å². The third kappa shape index (κ3) is 1.53. The second-order valence-electron chi connectivity index (χ2n) is 3.88. The molecule has 3 heteroatoms. The van der Waals surface area contributed by atoms with E-state index in [4.69, 9.17) is 11.6 Å². The topological polar surface area (TPSA) is 17.1 Å². The molecule has 0 aromatic heterocycles. The predicted octanol–water partition coefficient (Wildman–Crippen LogP) is 2.90. The van der Waals surface area contributed by atoms with Gasteiger partial charge in [-0.2, -0.15) is 0 Å². The molecule has 68 valence electrons. The van der Waals surface area contributed by atoms with Crippen molar-refractivity contribution < 1.29 is 9.18 Å². The molecule has 1 saturated carbocycles. The van der Waals surface area contributed by atoms with Gasteiger partial charge in [-0.25, -0.2) is 4.39 Å². The van der Waals surface area contributed by atoms with Gasteiger partial charge in [-0.1, -0.05) is 13.8 Å². The summed E-state index contributed by atoms with van der Waals surface area (Å²) in [6.07, 6.45) is 1.48. The highest BCUT2D eigenvalue weighted by atomic mass is 35.5. The largest absolute Gasteiger partial charge is 0.281 e. The molecule has 1 nitrogen and oxygen atoms in total. The minimum Gasteiger partial charge on any atom is -0.281 e. The van der Waals surface area contributed by atoms with Crippen LogP contribution in [0.2, 0.25) is 0 Å². The molecule has 0 aromatic rings. The van der Waals surface area contributed by atoms with Gasteiger partial charge in [0.1, 0.15) is 0 Å². The molecule has 0 saturated heterocycles. The Hall–Kier alpha value is -0.370. The lowest BCUT2D eigenvalue weighted by molar-refractivity contribution is -0.113. The van der Waals surface area contributed by atoms with Crippen molar-refractivity contribution in [1.29, 1.82) is 0 Å². The van der Waals surface area contributed by atoms with Gasteiger partial charge >= 0.3 is 0 Å². The van der Waals surface area contributed by atoms with E-state index in [2.05, 4.69) is 0 Å². The first-order valence-electron chi connectivity index (χ1n) is 3.90. The van der Waals surface area contributed by atoms with Crippen molar-refractivity contribution in [3.05, 3.63) is 11.9 Å². The van der Waals surface area contributed by atoms with Gasteiger partial charge in [-0.15, -0.1) is 0 Å². The molecule has 1 aliphatic carbocycles. The first-order chi connectivity index (χ1) is 5.37. The quantitative estimate of drug-likeness (QED) is 0.612. The van der Waals surface area contributed by atoms with E-state index in [9.17, 15) is 9.18 Å². The van der Waals surface area contributed by atoms with E-state index in [-0.39, 0.29) is 28.3 Å². The van der Waals surface area contributed by atoms with Gasteiger partial charge in [0.25, 0.3) is 0 Å². The molecule has 0 N–H and O–H groups in total. The first-order valence-corrected chi connectivity index (χ1v) is 4.28. The number of rotatable bonds is 2. The summed E-state index contributed by atoms with van der Waals surface area (Å²) < 4.78 is 12.5. The molecule has 1 rings (SSSR count). The molecule has 1 aliphatic rings. The lowest BCUT2D eigenvalue weighted by Gasteiger charge is -1.96. The van der Waals surface area contributed by atoms with Crippen LogP contribution in [0.3, 0.4) is 0 Å². The lowest BCUT2D eigenvalue weighted by Crippen LogP contribution is -1.96. The Bertz CT molecular complexity index is 241. The van der Waals surface area contributed by atoms with E-state index >= 15 is 0 Å². The molecule has 0 amide bonds. The fourth-order valence-corrected chi connectivity index (χ4v) is 2.09. The maximum Gasteiger partial charge on any atom is 0.225 e. The van der Waals surface area contributed by atoms with E-state index in [1.54, 1.807) is 0 Å². The van der Waals surface area contributed by atoms with Crippen molar-refractivity contribution in [1.82, 2.24) is 0 Å². The standard InChI is InChI=1S/C9H12ClFO/c1-5(11)4-6-7(8(10)12)9(6,2)3/h4,6-7H,1-3H3/b5-4+/t6-,7-/m0/s1. The van der Waals surface area contributed by atoms with Crippen molar-refractivity contribution in [3.63, 3.8) is 0 Å². The summed E-state index contributed by atoms with van der Waals surface area (Å²) in [7, 11) is 0. The Morgan fingerprint density at radius 2 is 2.08 bits per heavy atom. The molecule has 0 spiro atoms. The number of allylic oxidation sites excluding steroid dienone is 2. The van der Waals surface area contributed by atoms with E-state index in [1.165, 1.54) is 13.0 Å². The number of carbonyl (C=O) groups excluding carboxylic acids is 1. The Labute approximate surface area is 76.6 Å². The second kappa shape index (κ2) is 2.84. The van der Waals surface area contributed by atoms with Crippen LogP contribution in [0, 0.1) is 17.3 Å². The van der Waals surface area contributed by atoms with Crippen molar-refractivity contribution in [2.75, 3.05) is 0 Å². The van der Waals surface area contributed by atoms with Crippen LogP contribution in [0.5, 0.6) is 0 Å². The van der Waals surface area contributed by atoms with Gasteiger partial charge in [0.05, 0.1) is 5.83 Å². The molecule has 0 radical (unpaired) electrons. The third-order valence-electron chi connectivity index (χ3n) is 2.56. The summed E-state index contributed by atoms with van der Waals surface area (Å²) in [6.45, 7) is 5.22. The zero-order chi connectivity index (χ0) is 9.52. The minimum atomic E-state index is -0.359. The first kappa shape index (κ1) is 9.72. The fourth-order valence-electron chi connectivity index (χ4n) is 1.67. The van der Waals surface area contributed by atoms with Gasteiger partial charge in [0, 0.05) is 5.92 Å². The maximum atomic E-state index is 12.5. The highest BCUT2D eigenvalue weighted by molar-refractivity contribution is 6.64. The van der Waals surface area contributed by atoms with Crippen LogP contribution in [-0.4, -0.2) is 5.24 Å². The molecule has 0 bridgehead atoms. The van der Waals surface area contributed by atoms with Crippen LogP contribution in [-0.2, 0) is 4.79 Å². The molecule has 0 heterocycles. The molecule has 0 aliphatic heterocycles. The number of halogens is 2. The predicted molar refractivity (Wildman–Crippen MR) is 46.5 cm³/mol. The average molecular weight is 191 g/mol. The molecule has 0 unspecified atom stereocenters. The van der Waals surface area contributed by atoms with Crippen LogP contribution in [0.4, 0.5) is 4.39 Å². The van der Waals surface area contributed by atoms with Crippen LogP contribution in [0.1, 0.15) is 20.8 Å². The third-order valence-corrected chi connectivity index (χ3v) is 2.80.